The van der Waals surface area contributed by atoms with Gasteiger partial charge in [-0.25, -0.2) is 9.67 Å². The van der Waals surface area contributed by atoms with Crippen LogP contribution >= 0.6 is 11.3 Å². The fraction of sp³-hybridized carbons (Fsp3) is 0.250. The van der Waals surface area contributed by atoms with Gasteiger partial charge in [0.25, 0.3) is 11.8 Å². The molecule has 0 spiro atoms. The molecule has 0 radical (unpaired) electrons. The number of anilines is 1. The van der Waals surface area contributed by atoms with E-state index in [1.54, 1.807) is 24.9 Å². The van der Waals surface area contributed by atoms with E-state index in [1.807, 2.05) is 19.9 Å². The van der Waals surface area contributed by atoms with Crippen LogP contribution in [0.3, 0.4) is 0 Å². The summed E-state index contributed by atoms with van der Waals surface area (Å²) in [5.41, 5.74) is 7.21. The van der Waals surface area contributed by atoms with E-state index >= 15 is 0 Å². The van der Waals surface area contributed by atoms with Crippen LogP contribution in [0, 0.1) is 20.8 Å². The number of aryl methyl sites for hydroxylation is 3. The number of primary amides is 1. The molecule has 15 heteroatoms. The Balaban J connectivity index is 1.60. The highest BCUT2D eigenvalue weighted by atomic mass is 32.1. The van der Waals surface area contributed by atoms with Gasteiger partial charge in [0.2, 0.25) is 0 Å². The summed E-state index contributed by atoms with van der Waals surface area (Å²) in [6.07, 6.45) is -1.75. The van der Waals surface area contributed by atoms with E-state index in [4.69, 9.17) is 5.73 Å². The van der Waals surface area contributed by atoms with Crippen molar-refractivity contribution in [3.05, 3.63) is 63.9 Å². The van der Waals surface area contributed by atoms with Crippen LogP contribution < -0.4 is 11.1 Å². The van der Waals surface area contributed by atoms with Gasteiger partial charge in [-0.2, -0.15) is 28.5 Å². The van der Waals surface area contributed by atoms with Crippen molar-refractivity contribution < 1.29 is 22.8 Å². The molecule has 0 fully saturated rings. The normalized spacial score (nSPS) is 11.9. The summed E-state index contributed by atoms with van der Waals surface area (Å²) in [6, 6.07) is 4.26. The fourth-order valence-corrected chi connectivity index (χ4v) is 5.21. The number of nitrogens with zero attached hydrogens (tertiary/aromatic N) is 7. The Morgan fingerprint density at radius 2 is 1.87 bits per heavy atom. The van der Waals surface area contributed by atoms with Crippen molar-refractivity contribution in [2.24, 2.45) is 12.8 Å². The molecule has 0 aliphatic rings. The SMILES string of the molecule is Cc1cc(C)n(Cn2ccc(C(=O)Nc3c(C(N)=O)sc4nc(C(F)(F)F)cc(-c5cnn(C)c5C)c34)n2)n1. The molecule has 0 saturated heterocycles. The first kappa shape index (κ1) is 26.1. The van der Waals surface area contributed by atoms with Crippen molar-refractivity contribution in [3.63, 3.8) is 0 Å². The number of aromatic nitrogens is 7. The third-order valence-electron chi connectivity index (χ3n) is 6.20. The average molecular weight is 558 g/mol. The minimum Gasteiger partial charge on any atom is -0.365 e. The molecule has 0 bridgehead atoms. The number of pyridine rings is 1. The number of halogens is 3. The van der Waals surface area contributed by atoms with Crippen LogP contribution in [0.5, 0.6) is 0 Å². The molecule has 0 atom stereocenters. The lowest BCUT2D eigenvalue weighted by atomic mass is 10.0. The fourth-order valence-electron chi connectivity index (χ4n) is 4.21. The quantitative estimate of drug-likeness (QED) is 0.325. The molecule has 2 amide bonds. The van der Waals surface area contributed by atoms with E-state index in [-0.39, 0.29) is 38.7 Å². The minimum absolute atomic E-state index is 0.0188. The molecular formula is C24H22F3N9O2S. The summed E-state index contributed by atoms with van der Waals surface area (Å²) >= 11 is 0.667. The highest BCUT2D eigenvalue weighted by Gasteiger charge is 2.35. The standard InChI is InChI=1S/C24H22F3N9O2S/c1-11-7-12(2)36(32-11)10-35-6-5-16(33-35)22(38)31-19-18-14(15-9-29-34(4)13(15)3)8-17(24(25,26)27)30-23(18)39-20(19)21(28)37/h5-9H,10H2,1-4H3,(H2,28,37)(H,31,38). The molecule has 39 heavy (non-hydrogen) atoms. The third-order valence-corrected chi connectivity index (χ3v) is 7.29. The van der Waals surface area contributed by atoms with Crippen molar-refractivity contribution in [2.75, 3.05) is 5.32 Å². The van der Waals surface area contributed by atoms with Gasteiger partial charge in [0.1, 0.15) is 22.1 Å². The Hall–Kier alpha value is -4.53. The van der Waals surface area contributed by atoms with E-state index < -0.39 is 23.7 Å². The lowest BCUT2D eigenvalue weighted by Crippen LogP contribution is -2.18. The number of nitrogens with two attached hydrogens (primary N) is 1. The topological polar surface area (TPSA) is 139 Å². The zero-order valence-corrected chi connectivity index (χ0v) is 22.0. The highest BCUT2D eigenvalue weighted by Crippen LogP contribution is 2.44. The summed E-state index contributed by atoms with van der Waals surface area (Å²) in [5.74, 6) is -1.61. The van der Waals surface area contributed by atoms with Gasteiger partial charge in [0.05, 0.1) is 17.6 Å². The molecule has 0 saturated carbocycles. The van der Waals surface area contributed by atoms with Gasteiger partial charge in [0.15, 0.2) is 5.69 Å². The highest BCUT2D eigenvalue weighted by molar-refractivity contribution is 7.21. The summed E-state index contributed by atoms with van der Waals surface area (Å²) in [4.78, 5) is 29.1. The summed E-state index contributed by atoms with van der Waals surface area (Å²) in [5, 5.41) is 15.6. The monoisotopic (exact) mass is 557 g/mol. The molecule has 5 rings (SSSR count). The smallest absolute Gasteiger partial charge is 0.365 e. The first-order valence-electron chi connectivity index (χ1n) is 11.5. The number of amides is 2. The molecule has 5 aromatic heterocycles. The van der Waals surface area contributed by atoms with Crippen LogP contribution in [-0.4, -0.2) is 46.1 Å². The molecule has 3 N–H and O–H groups in total. The van der Waals surface area contributed by atoms with Crippen molar-refractivity contribution in [1.82, 2.24) is 34.3 Å². The Bertz CT molecular complexity index is 1760. The minimum atomic E-state index is -4.75. The third kappa shape index (κ3) is 4.76. The van der Waals surface area contributed by atoms with Crippen LogP contribution in [0.2, 0.25) is 0 Å². The number of rotatable bonds is 6. The van der Waals surface area contributed by atoms with Gasteiger partial charge in [-0.05, 0) is 44.5 Å². The maximum absolute atomic E-state index is 13.7. The molecule has 11 nitrogen and oxygen atoms in total. The van der Waals surface area contributed by atoms with Crippen LogP contribution in [0.4, 0.5) is 18.9 Å². The number of hydrogen-bond donors (Lipinski definition) is 2. The number of carbonyl (C=O) groups excluding carboxylic acids is 2. The predicted molar refractivity (Wildman–Crippen MR) is 137 cm³/mol. The maximum Gasteiger partial charge on any atom is 0.433 e. The maximum atomic E-state index is 13.7. The number of fused-ring (bicyclic) bond motifs is 1. The summed E-state index contributed by atoms with van der Waals surface area (Å²) < 4.78 is 46.0. The number of thiophene rings is 1. The number of hydrogen-bond acceptors (Lipinski definition) is 7. The molecular weight excluding hydrogens is 535 g/mol. The van der Waals surface area contributed by atoms with Crippen LogP contribution in [0.1, 0.15) is 42.9 Å². The van der Waals surface area contributed by atoms with Gasteiger partial charge in [-0.3, -0.25) is 19.0 Å². The Morgan fingerprint density at radius 1 is 1.13 bits per heavy atom. The number of alkyl halides is 3. The molecule has 202 valence electrons. The number of carbonyl (C=O) groups is 2. The van der Waals surface area contributed by atoms with Crippen LogP contribution in [0.25, 0.3) is 21.3 Å². The van der Waals surface area contributed by atoms with E-state index in [1.165, 1.54) is 21.6 Å². The molecule has 5 heterocycles. The first-order valence-corrected chi connectivity index (χ1v) is 12.3. The lowest BCUT2D eigenvalue weighted by molar-refractivity contribution is -0.140. The van der Waals surface area contributed by atoms with E-state index in [2.05, 4.69) is 25.6 Å². The van der Waals surface area contributed by atoms with Gasteiger partial charge in [0, 0.05) is 35.6 Å². The van der Waals surface area contributed by atoms with E-state index in [9.17, 15) is 22.8 Å². The second-order valence-electron chi connectivity index (χ2n) is 8.93. The van der Waals surface area contributed by atoms with Crippen LogP contribution in [0.15, 0.2) is 30.6 Å². The van der Waals surface area contributed by atoms with Crippen molar-refractivity contribution in [3.8, 4) is 11.1 Å². The zero-order chi connectivity index (χ0) is 28.2. The Kier molecular flexibility index (Phi) is 6.25. The largest absolute Gasteiger partial charge is 0.433 e. The molecule has 0 aromatic carbocycles. The summed E-state index contributed by atoms with van der Waals surface area (Å²) in [7, 11) is 1.65. The van der Waals surface area contributed by atoms with Gasteiger partial charge >= 0.3 is 6.18 Å². The number of nitrogens with one attached hydrogen (secondary N) is 1. The van der Waals surface area contributed by atoms with Crippen molar-refractivity contribution >= 4 is 39.1 Å². The Morgan fingerprint density at radius 3 is 2.46 bits per heavy atom. The molecule has 0 aliphatic carbocycles. The zero-order valence-electron chi connectivity index (χ0n) is 21.2. The van der Waals surface area contributed by atoms with E-state index in [0.717, 1.165) is 17.5 Å². The second kappa shape index (κ2) is 9.34. The van der Waals surface area contributed by atoms with Gasteiger partial charge < -0.3 is 11.1 Å². The van der Waals surface area contributed by atoms with Gasteiger partial charge in [-0.1, -0.05) is 0 Å². The first-order chi connectivity index (χ1) is 18.3. The summed E-state index contributed by atoms with van der Waals surface area (Å²) in [6.45, 7) is 5.71. The lowest BCUT2D eigenvalue weighted by Gasteiger charge is -2.12. The Labute approximate surface area is 223 Å². The molecule has 0 unspecified atom stereocenters. The van der Waals surface area contributed by atoms with Crippen molar-refractivity contribution in [1.29, 1.82) is 0 Å². The van der Waals surface area contributed by atoms with Crippen molar-refractivity contribution in [2.45, 2.75) is 33.6 Å². The molecule has 5 aromatic rings. The average Bonchev–Trinajstić information content (AvgIpc) is 3.61. The van der Waals surface area contributed by atoms with E-state index in [0.29, 0.717) is 22.6 Å². The predicted octanol–water partition coefficient (Wildman–Crippen LogP) is 3.89. The molecule has 0 aliphatic heterocycles. The second-order valence-corrected chi connectivity index (χ2v) is 9.93. The van der Waals surface area contributed by atoms with Gasteiger partial charge in [-0.15, -0.1) is 11.3 Å². The van der Waals surface area contributed by atoms with Crippen LogP contribution in [-0.2, 0) is 19.9 Å².